The van der Waals surface area contributed by atoms with Crippen LogP contribution in [0.1, 0.15) is 22.3 Å². The van der Waals surface area contributed by atoms with Crippen molar-refractivity contribution < 1.29 is 42.9 Å². The van der Waals surface area contributed by atoms with E-state index < -0.39 is 52.2 Å². The lowest BCUT2D eigenvalue weighted by atomic mass is 9.94. The third kappa shape index (κ3) is 7.53. The number of aliphatic imine (C=N–C) groups is 1. The number of para-hydroxylation sites is 2. The number of hydrogen-bond donors (Lipinski definition) is 1. The molecule has 2 aromatic rings. The van der Waals surface area contributed by atoms with Crippen molar-refractivity contribution in [2.24, 2.45) is 4.99 Å². The number of carbonyl (C=O) groups excluding carboxylic acids is 5. The number of nitrogens with one attached hydrogen (secondary N) is 1. The van der Waals surface area contributed by atoms with E-state index in [1.54, 1.807) is 64.1 Å². The first-order chi connectivity index (χ1) is 19.4. The van der Waals surface area contributed by atoms with Crippen LogP contribution in [0.2, 0.25) is 0 Å². The zero-order valence-corrected chi connectivity index (χ0v) is 24.2. The molecule has 0 radical (unpaired) electrons. The molecule has 0 fully saturated rings. The first-order valence-electron chi connectivity index (χ1n) is 12.2. The third-order valence-electron chi connectivity index (χ3n) is 6.00. The van der Waals surface area contributed by atoms with Gasteiger partial charge in [0.15, 0.2) is 0 Å². The molecule has 11 heteroatoms. The predicted molar refractivity (Wildman–Crippen MR) is 151 cm³/mol. The molecular formula is C30H32N2O9. The van der Waals surface area contributed by atoms with E-state index in [4.69, 9.17) is 14.2 Å². The normalized spacial score (nSPS) is 12.1. The van der Waals surface area contributed by atoms with E-state index >= 15 is 0 Å². The molecule has 2 aromatic carbocycles. The number of nitrogens with zero attached hydrogens (tertiary/aromatic N) is 1. The van der Waals surface area contributed by atoms with Gasteiger partial charge < -0.3 is 24.3 Å². The monoisotopic (exact) mass is 564 g/mol. The summed E-state index contributed by atoms with van der Waals surface area (Å²) in [5.41, 5.74) is 0.621. The van der Waals surface area contributed by atoms with Crippen molar-refractivity contribution in [1.29, 1.82) is 0 Å². The molecule has 0 aliphatic rings. The van der Waals surface area contributed by atoms with Gasteiger partial charge >= 0.3 is 23.9 Å². The number of methoxy groups -OCH3 is 4. The van der Waals surface area contributed by atoms with Crippen molar-refractivity contribution in [3.8, 4) is 0 Å². The van der Waals surface area contributed by atoms with Crippen LogP contribution in [0.4, 0.5) is 11.4 Å². The number of benzene rings is 2. The van der Waals surface area contributed by atoms with Crippen LogP contribution in [0.15, 0.2) is 64.2 Å². The van der Waals surface area contributed by atoms with Crippen LogP contribution in [-0.2, 0) is 42.9 Å². The number of ether oxygens (including phenoxy) is 4. The fourth-order valence-electron chi connectivity index (χ4n) is 3.89. The molecule has 0 saturated heterocycles. The fraction of sp³-hybridized carbons (Fsp3) is 0.267. The van der Waals surface area contributed by atoms with Gasteiger partial charge in [0.25, 0.3) is 5.91 Å². The maximum Gasteiger partial charge on any atom is 0.341 e. The van der Waals surface area contributed by atoms with Gasteiger partial charge in [-0.2, -0.15) is 0 Å². The number of rotatable bonds is 9. The summed E-state index contributed by atoms with van der Waals surface area (Å²) >= 11 is 0. The molecule has 2 rings (SSSR count). The van der Waals surface area contributed by atoms with Crippen LogP contribution in [0.5, 0.6) is 0 Å². The Kier molecular flexibility index (Phi) is 11.3. The lowest BCUT2D eigenvalue weighted by Crippen LogP contribution is -2.33. The Morgan fingerprint density at radius 1 is 0.659 bits per heavy atom. The molecule has 0 heterocycles. The Labute approximate surface area is 237 Å². The van der Waals surface area contributed by atoms with Crippen molar-refractivity contribution >= 4 is 46.9 Å². The highest BCUT2D eigenvalue weighted by molar-refractivity contribution is 6.55. The van der Waals surface area contributed by atoms with Gasteiger partial charge in [0.1, 0.15) is 11.3 Å². The highest BCUT2D eigenvalue weighted by Crippen LogP contribution is 2.28. The summed E-state index contributed by atoms with van der Waals surface area (Å²) < 4.78 is 19.2. The van der Waals surface area contributed by atoms with Gasteiger partial charge in [-0.05, 0) is 49.9 Å². The summed E-state index contributed by atoms with van der Waals surface area (Å²) in [6.45, 7) is 7.03. The minimum atomic E-state index is -1.25. The fourth-order valence-corrected chi connectivity index (χ4v) is 3.89. The minimum absolute atomic E-state index is 0.321. The average molecular weight is 565 g/mol. The van der Waals surface area contributed by atoms with E-state index in [1.807, 2.05) is 0 Å². The van der Waals surface area contributed by atoms with Crippen LogP contribution in [0.3, 0.4) is 0 Å². The second-order valence-corrected chi connectivity index (χ2v) is 8.73. The van der Waals surface area contributed by atoms with Crippen LogP contribution < -0.4 is 5.32 Å². The SMILES string of the molecule is COC(=O)/C=C(C(=O)OC)/C(C(=O)OC)=C(/C(=O)OC)C(=Nc1c(C)cccc1C)C(=O)Nc1c(C)cccc1C. The van der Waals surface area contributed by atoms with Gasteiger partial charge in [-0.1, -0.05) is 36.4 Å². The number of aryl methyl sites for hydroxylation is 4. The topological polar surface area (TPSA) is 147 Å². The predicted octanol–water partition coefficient (Wildman–Crippen LogP) is 3.55. The summed E-state index contributed by atoms with van der Waals surface area (Å²) in [4.78, 5) is 70.2. The zero-order chi connectivity index (χ0) is 30.9. The average Bonchev–Trinajstić information content (AvgIpc) is 2.95. The van der Waals surface area contributed by atoms with Gasteiger partial charge in [-0.15, -0.1) is 0 Å². The molecule has 0 bridgehead atoms. The number of carbonyl (C=O) groups is 5. The van der Waals surface area contributed by atoms with Crippen molar-refractivity contribution in [3.05, 3.63) is 81.4 Å². The van der Waals surface area contributed by atoms with E-state index in [2.05, 4.69) is 15.0 Å². The second-order valence-electron chi connectivity index (χ2n) is 8.73. The second kappa shape index (κ2) is 14.4. The van der Waals surface area contributed by atoms with Crippen molar-refractivity contribution in [1.82, 2.24) is 0 Å². The van der Waals surface area contributed by atoms with Crippen LogP contribution in [0.25, 0.3) is 0 Å². The van der Waals surface area contributed by atoms with Crippen molar-refractivity contribution in [3.63, 3.8) is 0 Å². The Morgan fingerprint density at radius 2 is 1.12 bits per heavy atom. The largest absolute Gasteiger partial charge is 0.466 e. The molecular weight excluding hydrogens is 532 g/mol. The van der Waals surface area contributed by atoms with Crippen LogP contribution in [0, 0.1) is 27.7 Å². The van der Waals surface area contributed by atoms with Crippen molar-refractivity contribution in [2.45, 2.75) is 27.7 Å². The molecule has 216 valence electrons. The van der Waals surface area contributed by atoms with Gasteiger partial charge in [0.05, 0.1) is 45.3 Å². The van der Waals surface area contributed by atoms with Gasteiger partial charge in [0, 0.05) is 11.8 Å². The van der Waals surface area contributed by atoms with E-state index in [-0.39, 0.29) is 0 Å². The van der Waals surface area contributed by atoms with Crippen LogP contribution >= 0.6 is 0 Å². The molecule has 1 amide bonds. The van der Waals surface area contributed by atoms with Gasteiger partial charge in [-0.3, -0.25) is 4.79 Å². The van der Waals surface area contributed by atoms with E-state index in [9.17, 15) is 24.0 Å². The quantitative estimate of drug-likeness (QED) is 0.159. The lowest BCUT2D eigenvalue weighted by Gasteiger charge is -2.18. The minimum Gasteiger partial charge on any atom is -0.466 e. The van der Waals surface area contributed by atoms with E-state index in [1.165, 1.54) is 0 Å². The summed E-state index contributed by atoms with van der Waals surface area (Å²) in [5, 5.41) is 2.75. The Balaban J connectivity index is 3.14. The standard InChI is InChI=1S/C30H32N2O9/c1-16-11-9-12-17(2)24(16)31-26(27(34)32-25-18(3)13-10-14-19(25)4)23(30(37)41-8)22(29(36)40-7)20(28(35)39-6)15-21(33)38-5/h9-15H,1-8H3,(H,32,34)/b20-15-,23-22-,31-26?. The van der Waals surface area contributed by atoms with E-state index in [0.717, 1.165) is 28.4 Å². The Hall–Kier alpha value is -5.06. The molecule has 0 aliphatic carbocycles. The Bertz CT molecular complexity index is 1440. The number of anilines is 1. The summed E-state index contributed by atoms with van der Waals surface area (Å²) in [6, 6.07) is 10.6. The summed E-state index contributed by atoms with van der Waals surface area (Å²) in [6.07, 6.45) is 0.640. The summed E-state index contributed by atoms with van der Waals surface area (Å²) in [7, 11) is 4.05. The molecule has 11 nitrogen and oxygen atoms in total. The van der Waals surface area contributed by atoms with Gasteiger partial charge in [-0.25, -0.2) is 24.2 Å². The highest BCUT2D eigenvalue weighted by Gasteiger charge is 2.36. The molecule has 0 aromatic heterocycles. The summed E-state index contributed by atoms with van der Waals surface area (Å²) in [5.74, 6) is -5.62. The van der Waals surface area contributed by atoms with Gasteiger partial charge in [0.2, 0.25) is 0 Å². The third-order valence-corrected chi connectivity index (χ3v) is 6.00. The lowest BCUT2D eigenvalue weighted by molar-refractivity contribution is -0.141. The molecule has 41 heavy (non-hydrogen) atoms. The van der Waals surface area contributed by atoms with E-state index in [0.29, 0.717) is 39.7 Å². The molecule has 0 aliphatic heterocycles. The number of amides is 1. The molecule has 0 atom stereocenters. The van der Waals surface area contributed by atoms with Crippen molar-refractivity contribution in [2.75, 3.05) is 33.8 Å². The molecule has 0 unspecified atom stereocenters. The zero-order valence-electron chi connectivity index (χ0n) is 24.2. The number of esters is 4. The maximum absolute atomic E-state index is 14.0. The number of hydrogen-bond acceptors (Lipinski definition) is 10. The first-order valence-corrected chi connectivity index (χ1v) is 12.2. The smallest absolute Gasteiger partial charge is 0.341 e. The van der Waals surface area contributed by atoms with Crippen LogP contribution in [-0.4, -0.2) is 63.9 Å². The molecule has 0 saturated carbocycles. The highest BCUT2D eigenvalue weighted by atomic mass is 16.5. The Morgan fingerprint density at radius 3 is 1.59 bits per heavy atom. The molecule has 0 spiro atoms. The first kappa shape index (κ1) is 32.2. The molecule has 1 N–H and O–H groups in total. The maximum atomic E-state index is 14.0.